The third-order valence-corrected chi connectivity index (χ3v) is 5.42. The van der Waals surface area contributed by atoms with Gasteiger partial charge in [-0.05, 0) is 56.2 Å². The number of likely N-dealkylation sites (tertiary alicyclic amines) is 1. The Bertz CT molecular complexity index is 823. The van der Waals surface area contributed by atoms with E-state index in [2.05, 4.69) is 10.00 Å². The summed E-state index contributed by atoms with van der Waals surface area (Å²) in [5, 5.41) is 5.38. The van der Waals surface area contributed by atoms with Crippen LogP contribution in [0.15, 0.2) is 24.3 Å². The summed E-state index contributed by atoms with van der Waals surface area (Å²) in [4.78, 5) is 14.1. The third-order valence-electron chi connectivity index (χ3n) is 4.68. The highest BCUT2D eigenvalue weighted by Gasteiger charge is 2.26. The van der Waals surface area contributed by atoms with Gasteiger partial charge in [0.25, 0.3) is 0 Å². The fourth-order valence-electron chi connectivity index (χ4n) is 3.19. The van der Waals surface area contributed by atoms with E-state index in [1.54, 1.807) is 0 Å². The molecule has 1 aliphatic rings. The maximum atomic E-state index is 11.9. The highest BCUT2D eigenvalue weighted by Crippen LogP contribution is 2.22. The molecule has 8 heteroatoms. The predicted molar refractivity (Wildman–Crippen MR) is 103 cm³/mol. The zero-order valence-corrected chi connectivity index (χ0v) is 16.6. The first-order valence-corrected chi connectivity index (χ1v) is 9.57. The van der Waals surface area contributed by atoms with Crippen LogP contribution in [-0.4, -0.2) is 44.9 Å². The number of carbonyl (C=O) groups is 1. The summed E-state index contributed by atoms with van der Waals surface area (Å²) in [7, 11) is 1.92. The number of aromatic nitrogens is 3. The fourth-order valence-corrected chi connectivity index (χ4v) is 3.50. The van der Waals surface area contributed by atoms with Crippen molar-refractivity contribution in [2.75, 3.05) is 19.7 Å². The maximum absolute atomic E-state index is 11.9. The molecule has 1 aromatic carbocycles. The lowest BCUT2D eigenvalue weighted by molar-refractivity contribution is -0.149. The average Bonchev–Trinajstić information content (AvgIpc) is 2.92. The molecule has 0 saturated carbocycles. The van der Waals surface area contributed by atoms with Crippen LogP contribution in [0.4, 0.5) is 0 Å². The lowest BCUT2D eigenvalue weighted by Crippen LogP contribution is -2.38. The quantitative estimate of drug-likeness (QED) is 0.573. The van der Waals surface area contributed by atoms with Crippen LogP contribution in [0.1, 0.15) is 19.8 Å². The summed E-state index contributed by atoms with van der Waals surface area (Å²) in [5.74, 6) is 0.743. The first-order valence-electron chi connectivity index (χ1n) is 8.78. The number of ether oxygens (including phenoxy) is 1. The topological polar surface area (TPSA) is 52.3 Å². The molecule has 0 bridgehead atoms. The summed E-state index contributed by atoms with van der Waals surface area (Å²) in [6.45, 7) is 4.57. The molecule has 0 aliphatic carbocycles. The van der Waals surface area contributed by atoms with Crippen molar-refractivity contribution in [1.82, 2.24) is 19.2 Å². The second kappa shape index (κ2) is 8.33. The van der Waals surface area contributed by atoms with Gasteiger partial charge in [-0.25, -0.2) is 4.68 Å². The second-order valence-electron chi connectivity index (χ2n) is 6.46. The molecule has 0 unspecified atom stereocenters. The van der Waals surface area contributed by atoms with Crippen LogP contribution in [0, 0.1) is 10.7 Å². The monoisotopic (exact) mass is 394 g/mol. The smallest absolute Gasteiger partial charge is 0.309 e. The van der Waals surface area contributed by atoms with Gasteiger partial charge in [0, 0.05) is 30.7 Å². The van der Waals surface area contributed by atoms with Gasteiger partial charge in [-0.1, -0.05) is 11.6 Å². The Hall–Kier alpha value is -1.70. The lowest BCUT2D eigenvalue weighted by atomic mass is 9.97. The van der Waals surface area contributed by atoms with E-state index in [4.69, 9.17) is 28.6 Å². The molecule has 1 aliphatic heterocycles. The van der Waals surface area contributed by atoms with E-state index in [1.807, 2.05) is 47.5 Å². The molecule has 1 aromatic heterocycles. The van der Waals surface area contributed by atoms with Gasteiger partial charge in [0.05, 0.1) is 19.2 Å². The third kappa shape index (κ3) is 4.16. The molecule has 2 heterocycles. The molecule has 2 aromatic rings. The van der Waals surface area contributed by atoms with Gasteiger partial charge in [0.15, 0.2) is 10.6 Å². The molecular formula is C18H23ClN4O2S. The first-order chi connectivity index (χ1) is 12.5. The number of hydrogen-bond acceptors (Lipinski definition) is 5. The molecule has 0 atom stereocenters. The Labute approximate surface area is 163 Å². The number of carbonyl (C=O) groups excluding carboxylic acids is 1. The zero-order valence-electron chi connectivity index (χ0n) is 15.0. The van der Waals surface area contributed by atoms with Gasteiger partial charge in [0.2, 0.25) is 0 Å². The Kier molecular flexibility index (Phi) is 6.11. The largest absolute Gasteiger partial charge is 0.466 e. The molecule has 1 saturated heterocycles. The van der Waals surface area contributed by atoms with Crippen LogP contribution in [0.2, 0.25) is 5.02 Å². The first kappa shape index (κ1) is 19.1. The molecule has 0 amide bonds. The number of halogens is 1. The lowest BCUT2D eigenvalue weighted by Gasteiger charge is -2.30. The molecule has 0 spiro atoms. The van der Waals surface area contributed by atoms with E-state index in [-0.39, 0.29) is 11.9 Å². The van der Waals surface area contributed by atoms with Gasteiger partial charge >= 0.3 is 5.97 Å². The minimum atomic E-state index is -0.0772. The Morgan fingerprint density at radius 1 is 1.31 bits per heavy atom. The molecule has 6 nitrogen and oxygen atoms in total. The number of piperidine rings is 1. The van der Waals surface area contributed by atoms with Crippen molar-refractivity contribution in [3.8, 4) is 11.4 Å². The Balaban J connectivity index is 1.68. The van der Waals surface area contributed by atoms with Gasteiger partial charge in [-0.15, -0.1) is 0 Å². The Morgan fingerprint density at radius 2 is 1.96 bits per heavy atom. The van der Waals surface area contributed by atoms with Crippen LogP contribution in [-0.2, 0) is 23.2 Å². The van der Waals surface area contributed by atoms with Crippen LogP contribution in [0.5, 0.6) is 0 Å². The number of benzene rings is 1. The van der Waals surface area contributed by atoms with E-state index in [9.17, 15) is 4.79 Å². The number of esters is 1. The number of hydrogen-bond donors (Lipinski definition) is 0. The van der Waals surface area contributed by atoms with Crippen LogP contribution >= 0.6 is 23.8 Å². The fraction of sp³-hybridized carbons (Fsp3) is 0.500. The van der Waals surface area contributed by atoms with Gasteiger partial charge in [0.1, 0.15) is 0 Å². The van der Waals surface area contributed by atoms with Gasteiger partial charge in [-0.3, -0.25) is 9.69 Å². The number of nitrogens with zero attached hydrogens (tertiary/aromatic N) is 4. The van der Waals surface area contributed by atoms with Crippen molar-refractivity contribution in [3.05, 3.63) is 34.1 Å². The van der Waals surface area contributed by atoms with Crippen molar-refractivity contribution in [1.29, 1.82) is 0 Å². The molecular weight excluding hydrogens is 372 g/mol. The van der Waals surface area contributed by atoms with E-state index in [1.165, 1.54) is 0 Å². The van der Waals surface area contributed by atoms with E-state index in [0.29, 0.717) is 23.1 Å². The molecule has 0 N–H and O–H groups in total. The van der Waals surface area contributed by atoms with E-state index < -0.39 is 0 Å². The maximum Gasteiger partial charge on any atom is 0.309 e. The summed E-state index contributed by atoms with van der Waals surface area (Å²) >= 11 is 11.5. The SMILES string of the molecule is CCOC(=O)C1CCN(Cn2nc(-c3ccc(Cl)cc3)n(C)c2=S)CC1. The molecule has 3 rings (SSSR count). The molecule has 140 valence electrons. The van der Waals surface area contributed by atoms with Crippen molar-refractivity contribution >= 4 is 29.8 Å². The minimum Gasteiger partial charge on any atom is -0.466 e. The van der Waals surface area contributed by atoms with Crippen LogP contribution in [0.3, 0.4) is 0 Å². The normalized spacial score (nSPS) is 16.0. The van der Waals surface area contributed by atoms with Crippen molar-refractivity contribution in [2.24, 2.45) is 13.0 Å². The Morgan fingerprint density at radius 3 is 2.58 bits per heavy atom. The highest BCUT2D eigenvalue weighted by atomic mass is 35.5. The molecule has 26 heavy (non-hydrogen) atoms. The van der Waals surface area contributed by atoms with Gasteiger partial charge in [-0.2, -0.15) is 5.10 Å². The summed E-state index contributed by atoms with van der Waals surface area (Å²) in [6.07, 6.45) is 1.62. The molecule has 1 fully saturated rings. The zero-order chi connectivity index (χ0) is 18.7. The van der Waals surface area contributed by atoms with Gasteiger partial charge < -0.3 is 9.30 Å². The average molecular weight is 395 g/mol. The second-order valence-corrected chi connectivity index (χ2v) is 7.26. The standard InChI is InChI=1S/C18H23ClN4O2S/c1-3-25-17(24)14-8-10-22(11-9-14)12-23-18(26)21(2)16(20-23)13-4-6-15(19)7-5-13/h4-7,14H,3,8-12H2,1-2H3. The summed E-state index contributed by atoms with van der Waals surface area (Å²) in [6, 6.07) is 7.57. The summed E-state index contributed by atoms with van der Waals surface area (Å²) in [5.41, 5.74) is 0.975. The highest BCUT2D eigenvalue weighted by molar-refractivity contribution is 7.71. The minimum absolute atomic E-state index is 0.00697. The van der Waals surface area contributed by atoms with Crippen LogP contribution < -0.4 is 0 Å². The van der Waals surface area contributed by atoms with E-state index in [0.717, 1.165) is 37.3 Å². The van der Waals surface area contributed by atoms with Crippen LogP contribution in [0.25, 0.3) is 11.4 Å². The van der Waals surface area contributed by atoms with Crippen molar-refractivity contribution < 1.29 is 9.53 Å². The summed E-state index contributed by atoms with van der Waals surface area (Å²) < 4.78 is 9.54. The predicted octanol–water partition coefficient (Wildman–Crippen LogP) is 3.50. The molecule has 0 radical (unpaired) electrons. The number of rotatable bonds is 5. The van der Waals surface area contributed by atoms with Crippen molar-refractivity contribution in [3.63, 3.8) is 0 Å². The van der Waals surface area contributed by atoms with E-state index >= 15 is 0 Å². The van der Waals surface area contributed by atoms with Crippen molar-refractivity contribution in [2.45, 2.75) is 26.4 Å².